The molecule has 5 nitrogen and oxygen atoms in total. The first-order valence-electron chi connectivity index (χ1n) is 6.95. The van der Waals surface area contributed by atoms with Gasteiger partial charge in [-0.3, -0.25) is 5.32 Å². The highest BCUT2D eigenvalue weighted by Gasteiger charge is 2.13. The summed E-state index contributed by atoms with van der Waals surface area (Å²) >= 11 is 13.6. The molecule has 2 aromatic heterocycles. The third-order valence-electron chi connectivity index (χ3n) is 3.14. The van der Waals surface area contributed by atoms with Gasteiger partial charge in [-0.1, -0.05) is 35.3 Å². The van der Waals surface area contributed by atoms with Gasteiger partial charge >= 0.3 is 6.03 Å². The number of hydrogen-bond donors (Lipinski definition) is 2. The third kappa shape index (κ3) is 3.51. The number of aromatic nitrogens is 2. The molecule has 0 aliphatic carbocycles. The Morgan fingerprint density at radius 3 is 2.71 bits per heavy atom. The van der Waals surface area contributed by atoms with E-state index in [9.17, 15) is 4.79 Å². The van der Waals surface area contributed by atoms with Gasteiger partial charge in [-0.25, -0.2) is 14.8 Å². The van der Waals surface area contributed by atoms with E-state index >= 15 is 0 Å². The second-order valence-electron chi connectivity index (χ2n) is 4.82. The minimum Gasteiger partial charge on any atom is -0.305 e. The number of para-hydroxylation sites is 1. The topological polar surface area (TPSA) is 66.9 Å². The number of allylic oxidation sites excluding steroid dienone is 1. The number of anilines is 2. The minimum absolute atomic E-state index is 0.349. The van der Waals surface area contributed by atoms with E-state index in [0.717, 1.165) is 21.5 Å². The molecular formula is C16H12Cl2N4OS. The Kier molecular flexibility index (Phi) is 4.99. The molecule has 8 heteroatoms. The number of carbonyl (C=O) groups excluding carboxylic acids is 1. The molecule has 2 heterocycles. The van der Waals surface area contributed by atoms with E-state index in [1.165, 1.54) is 17.7 Å². The van der Waals surface area contributed by atoms with Crippen LogP contribution in [0.1, 0.15) is 4.88 Å². The van der Waals surface area contributed by atoms with Crippen LogP contribution in [0, 0.1) is 0 Å². The van der Waals surface area contributed by atoms with Gasteiger partial charge in [-0.2, -0.15) is 0 Å². The third-order valence-corrected chi connectivity index (χ3v) is 4.92. The zero-order valence-electron chi connectivity index (χ0n) is 12.3. The van der Waals surface area contributed by atoms with Crippen molar-refractivity contribution in [3.05, 3.63) is 58.2 Å². The van der Waals surface area contributed by atoms with Crippen molar-refractivity contribution in [2.24, 2.45) is 0 Å². The fourth-order valence-corrected chi connectivity index (χ4v) is 3.65. The summed E-state index contributed by atoms with van der Waals surface area (Å²) in [6, 6.07) is 6.47. The number of hydrogen-bond acceptors (Lipinski definition) is 4. The van der Waals surface area contributed by atoms with Crippen LogP contribution in [0.5, 0.6) is 0 Å². The molecule has 0 bridgehead atoms. The molecule has 0 unspecified atom stereocenters. The van der Waals surface area contributed by atoms with Gasteiger partial charge < -0.3 is 5.32 Å². The van der Waals surface area contributed by atoms with Crippen LogP contribution in [0.3, 0.4) is 0 Å². The fourth-order valence-electron chi connectivity index (χ4n) is 2.11. The Bertz CT molecular complexity index is 905. The zero-order chi connectivity index (χ0) is 17.1. The van der Waals surface area contributed by atoms with Gasteiger partial charge in [0.05, 0.1) is 25.9 Å². The molecule has 0 aliphatic heterocycles. The second kappa shape index (κ2) is 7.17. The predicted octanol–water partition coefficient (Wildman–Crippen LogP) is 5.37. The van der Waals surface area contributed by atoms with Gasteiger partial charge in [0.2, 0.25) is 0 Å². The quantitative estimate of drug-likeness (QED) is 0.599. The Morgan fingerprint density at radius 2 is 2.00 bits per heavy atom. The smallest absolute Gasteiger partial charge is 0.305 e. The summed E-state index contributed by atoms with van der Waals surface area (Å²) in [5, 5.41) is 6.06. The fraction of sp³-hybridized carbons (Fsp3) is 0.0625. The van der Waals surface area contributed by atoms with E-state index in [1.54, 1.807) is 18.2 Å². The number of nitrogens with zero attached hydrogens (tertiary/aromatic N) is 2. The lowest BCUT2D eigenvalue weighted by Gasteiger charge is -2.10. The number of thiophene rings is 1. The van der Waals surface area contributed by atoms with Gasteiger partial charge in [0, 0.05) is 4.88 Å². The van der Waals surface area contributed by atoms with Crippen LogP contribution in [0.2, 0.25) is 10.0 Å². The highest BCUT2D eigenvalue weighted by atomic mass is 35.5. The average Bonchev–Trinajstić information content (AvgIpc) is 2.95. The molecule has 0 saturated carbocycles. The summed E-state index contributed by atoms with van der Waals surface area (Å²) in [5.41, 5.74) is 1.13. The molecule has 122 valence electrons. The number of fused-ring (bicyclic) bond motifs is 1. The Morgan fingerprint density at radius 1 is 1.25 bits per heavy atom. The zero-order valence-corrected chi connectivity index (χ0v) is 14.7. The van der Waals surface area contributed by atoms with Gasteiger partial charge in [0.15, 0.2) is 5.82 Å². The summed E-state index contributed by atoms with van der Waals surface area (Å²) < 4.78 is 0.801. The van der Waals surface area contributed by atoms with Crippen molar-refractivity contribution in [3.63, 3.8) is 0 Å². The van der Waals surface area contributed by atoms with Crippen LogP contribution >= 0.6 is 34.5 Å². The lowest BCUT2D eigenvalue weighted by Crippen LogP contribution is -2.20. The van der Waals surface area contributed by atoms with Crippen molar-refractivity contribution in [3.8, 4) is 0 Å². The first kappa shape index (κ1) is 16.7. The maximum Gasteiger partial charge on any atom is 0.324 e. The minimum atomic E-state index is -0.483. The largest absolute Gasteiger partial charge is 0.324 e. The Hall–Kier alpha value is -2.15. The molecule has 2 N–H and O–H groups in total. The molecule has 1 aromatic carbocycles. The van der Waals surface area contributed by atoms with Crippen molar-refractivity contribution in [1.29, 1.82) is 0 Å². The lowest BCUT2D eigenvalue weighted by atomic mass is 10.3. The number of amides is 2. The van der Waals surface area contributed by atoms with Crippen LogP contribution < -0.4 is 10.6 Å². The summed E-state index contributed by atoms with van der Waals surface area (Å²) in [6.45, 7) is 3.73. The molecular weight excluding hydrogens is 367 g/mol. The van der Waals surface area contributed by atoms with Gasteiger partial charge in [-0.05, 0) is 24.6 Å². The van der Waals surface area contributed by atoms with Gasteiger partial charge in [-0.15, -0.1) is 17.9 Å². The number of urea groups is 1. The van der Waals surface area contributed by atoms with Crippen molar-refractivity contribution in [2.45, 2.75) is 6.42 Å². The molecule has 0 atom stereocenters. The number of benzene rings is 1. The molecule has 24 heavy (non-hydrogen) atoms. The Labute approximate surface area is 152 Å². The molecule has 2 amide bonds. The Balaban J connectivity index is 1.84. The lowest BCUT2D eigenvalue weighted by molar-refractivity contribution is 0.262. The van der Waals surface area contributed by atoms with E-state index in [-0.39, 0.29) is 0 Å². The normalized spacial score (nSPS) is 10.6. The number of carbonyl (C=O) groups is 1. The standard InChI is InChI=1S/C16H12Cl2N4OS/c1-2-4-9-7-12-14(24-9)15(20-8-19-12)22-16(23)21-13-10(17)5-3-6-11(13)18/h2-3,5-8H,1,4H2,(H2,19,20,21,22,23). The van der Waals surface area contributed by atoms with Crippen LogP contribution in [0.25, 0.3) is 10.2 Å². The summed E-state index contributed by atoms with van der Waals surface area (Å²) in [4.78, 5) is 21.7. The molecule has 0 saturated heterocycles. The number of halogens is 2. The van der Waals surface area contributed by atoms with E-state index in [2.05, 4.69) is 27.2 Å². The molecule has 0 spiro atoms. The van der Waals surface area contributed by atoms with Gasteiger partial charge in [0.25, 0.3) is 0 Å². The monoisotopic (exact) mass is 378 g/mol. The van der Waals surface area contributed by atoms with Crippen molar-refractivity contribution >= 4 is 62.3 Å². The number of rotatable bonds is 4. The maximum absolute atomic E-state index is 12.3. The first-order valence-corrected chi connectivity index (χ1v) is 8.52. The van der Waals surface area contributed by atoms with Crippen molar-refractivity contribution < 1.29 is 4.79 Å². The van der Waals surface area contributed by atoms with Crippen LogP contribution in [0.15, 0.2) is 43.2 Å². The van der Waals surface area contributed by atoms with Crippen molar-refractivity contribution in [1.82, 2.24) is 9.97 Å². The van der Waals surface area contributed by atoms with E-state index in [4.69, 9.17) is 23.2 Å². The van der Waals surface area contributed by atoms with Crippen molar-refractivity contribution in [2.75, 3.05) is 10.6 Å². The van der Waals surface area contributed by atoms with E-state index < -0.39 is 6.03 Å². The van der Waals surface area contributed by atoms with E-state index in [0.29, 0.717) is 21.6 Å². The molecule has 0 aliphatic rings. The second-order valence-corrected chi connectivity index (χ2v) is 6.77. The van der Waals surface area contributed by atoms with Crippen LogP contribution in [0.4, 0.5) is 16.3 Å². The average molecular weight is 379 g/mol. The molecule has 3 aromatic rings. The molecule has 0 fully saturated rings. The van der Waals surface area contributed by atoms with Crippen LogP contribution in [-0.2, 0) is 6.42 Å². The summed E-state index contributed by atoms with van der Waals surface area (Å²) in [6.07, 6.45) is 3.96. The highest BCUT2D eigenvalue weighted by Crippen LogP contribution is 2.31. The SMILES string of the molecule is C=CCc1cc2ncnc(NC(=O)Nc3c(Cl)cccc3Cl)c2s1. The summed E-state index contributed by atoms with van der Waals surface area (Å²) in [5.74, 6) is 0.431. The predicted molar refractivity (Wildman–Crippen MR) is 100 cm³/mol. The first-order chi connectivity index (χ1) is 11.6. The summed E-state index contributed by atoms with van der Waals surface area (Å²) in [7, 11) is 0. The molecule has 0 radical (unpaired) electrons. The van der Waals surface area contributed by atoms with Crippen LogP contribution in [-0.4, -0.2) is 16.0 Å². The van der Waals surface area contributed by atoms with E-state index in [1.807, 2.05) is 12.1 Å². The number of nitrogens with one attached hydrogen (secondary N) is 2. The molecule has 3 rings (SSSR count). The maximum atomic E-state index is 12.3. The van der Waals surface area contributed by atoms with Gasteiger partial charge in [0.1, 0.15) is 6.33 Å². The highest BCUT2D eigenvalue weighted by molar-refractivity contribution is 7.19.